The molecule has 0 amide bonds. The first-order chi connectivity index (χ1) is 19.3. The molecule has 0 aromatic heterocycles. The number of carbonyl (C=O) groups is 3. The van der Waals surface area contributed by atoms with Crippen molar-refractivity contribution in [2.75, 3.05) is 6.54 Å². The van der Waals surface area contributed by atoms with Gasteiger partial charge in [0.2, 0.25) is 0 Å². The molecule has 0 bridgehead atoms. The lowest BCUT2D eigenvalue weighted by Crippen LogP contribution is -2.56. The molecule has 0 heterocycles. The van der Waals surface area contributed by atoms with E-state index >= 15 is 0 Å². The number of benzene rings is 1. The Labute approximate surface area is 246 Å². The topological polar surface area (TPSA) is 81.7 Å². The SMILES string of the molecule is CC(=O)[C@H]1CC[C@H]2[C@@H]3CC[C@H]4C[C@](C)(OC(=O)CNC(C)(C)C(=O)OCc5ccccc5)CC[C@]4(C)[C@H]3CC[C@]12C. The van der Waals surface area contributed by atoms with Crippen molar-refractivity contribution in [2.24, 2.45) is 40.4 Å². The summed E-state index contributed by atoms with van der Waals surface area (Å²) in [5, 5.41) is 3.07. The number of ketones is 1. The molecule has 8 atom stereocenters. The fraction of sp³-hybridized carbons (Fsp3) is 0.743. The Bertz CT molecular complexity index is 1150. The molecule has 226 valence electrons. The van der Waals surface area contributed by atoms with Gasteiger partial charge in [0.05, 0.1) is 6.54 Å². The number of nitrogens with one attached hydrogen (secondary N) is 1. The van der Waals surface area contributed by atoms with Gasteiger partial charge < -0.3 is 9.47 Å². The lowest BCUT2D eigenvalue weighted by Gasteiger charge is -2.62. The highest BCUT2D eigenvalue weighted by atomic mass is 16.6. The summed E-state index contributed by atoms with van der Waals surface area (Å²) in [6.45, 7) is 12.5. The van der Waals surface area contributed by atoms with E-state index in [1.165, 1.54) is 32.1 Å². The van der Waals surface area contributed by atoms with E-state index in [9.17, 15) is 14.4 Å². The van der Waals surface area contributed by atoms with Crippen molar-refractivity contribution in [3.05, 3.63) is 35.9 Å². The van der Waals surface area contributed by atoms with Crippen molar-refractivity contribution in [1.29, 1.82) is 0 Å². The average molecular weight is 566 g/mol. The number of esters is 2. The Morgan fingerprint density at radius 2 is 1.61 bits per heavy atom. The van der Waals surface area contributed by atoms with E-state index in [1.807, 2.05) is 30.3 Å². The molecule has 4 saturated carbocycles. The summed E-state index contributed by atoms with van der Waals surface area (Å²) in [5.41, 5.74) is -0.107. The maximum absolute atomic E-state index is 13.0. The molecule has 4 fully saturated rings. The van der Waals surface area contributed by atoms with Crippen molar-refractivity contribution < 1.29 is 23.9 Å². The fourth-order valence-electron chi connectivity index (χ4n) is 9.76. The van der Waals surface area contributed by atoms with Gasteiger partial charge in [-0.25, -0.2) is 0 Å². The third kappa shape index (κ3) is 5.75. The first kappa shape index (κ1) is 30.3. The van der Waals surface area contributed by atoms with Crippen LogP contribution in [0.4, 0.5) is 0 Å². The minimum Gasteiger partial charge on any atom is -0.459 e. The van der Waals surface area contributed by atoms with Gasteiger partial charge in [0.15, 0.2) is 0 Å². The summed E-state index contributed by atoms with van der Waals surface area (Å²) < 4.78 is 11.6. The van der Waals surface area contributed by atoms with E-state index < -0.39 is 17.1 Å². The van der Waals surface area contributed by atoms with Crippen molar-refractivity contribution in [1.82, 2.24) is 5.32 Å². The molecule has 0 spiro atoms. The Morgan fingerprint density at radius 3 is 2.32 bits per heavy atom. The van der Waals surface area contributed by atoms with Crippen molar-refractivity contribution in [3.8, 4) is 0 Å². The number of carbonyl (C=O) groups excluding carboxylic acids is 3. The number of fused-ring (bicyclic) bond motifs is 5. The second kappa shape index (κ2) is 11.1. The molecule has 1 aromatic carbocycles. The summed E-state index contributed by atoms with van der Waals surface area (Å²) in [7, 11) is 0. The number of ether oxygens (including phenoxy) is 2. The number of hydrogen-bond donors (Lipinski definition) is 1. The first-order valence-corrected chi connectivity index (χ1v) is 16.0. The Morgan fingerprint density at radius 1 is 0.902 bits per heavy atom. The lowest BCUT2D eigenvalue weighted by atomic mass is 9.44. The first-order valence-electron chi connectivity index (χ1n) is 16.0. The van der Waals surface area contributed by atoms with E-state index in [1.54, 1.807) is 20.8 Å². The van der Waals surface area contributed by atoms with Gasteiger partial charge in [-0.2, -0.15) is 0 Å². The van der Waals surface area contributed by atoms with Crippen LogP contribution in [0.1, 0.15) is 105 Å². The molecule has 6 nitrogen and oxygen atoms in total. The summed E-state index contributed by atoms with van der Waals surface area (Å²) >= 11 is 0. The normalized spacial score (nSPS) is 38.2. The van der Waals surface area contributed by atoms with Gasteiger partial charge in [-0.1, -0.05) is 44.2 Å². The number of hydrogen-bond acceptors (Lipinski definition) is 6. The van der Waals surface area contributed by atoms with E-state index in [4.69, 9.17) is 9.47 Å². The molecule has 4 aliphatic rings. The summed E-state index contributed by atoms with van der Waals surface area (Å²) in [6, 6.07) is 9.57. The molecule has 6 heteroatoms. The van der Waals surface area contributed by atoms with Gasteiger partial charge in [-0.3, -0.25) is 19.7 Å². The van der Waals surface area contributed by atoms with Gasteiger partial charge in [-0.05, 0) is 126 Å². The van der Waals surface area contributed by atoms with Crippen LogP contribution in [0.15, 0.2) is 30.3 Å². The van der Waals surface area contributed by atoms with Crippen LogP contribution in [0.2, 0.25) is 0 Å². The fourth-order valence-corrected chi connectivity index (χ4v) is 9.76. The van der Waals surface area contributed by atoms with Crippen LogP contribution in [0.5, 0.6) is 0 Å². The molecule has 0 saturated heterocycles. The largest absolute Gasteiger partial charge is 0.459 e. The summed E-state index contributed by atoms with van der Waals surface area (Å²) in [5.74, 6) is 2.57. The molecule has 4 aliphatic carbocycles. The highest BCUT2D eigenvalue weighted by molar-refractivity contribution is 5.81. The monoisotopic (exact) mass is 565 g/mol. The Kier molecular flexibility index (Phi) is 8.21. The van der Waals surface area contributed by atoms with E-state index in [-0.39, 0.29) is 35.9 Å². The molecular weight excluding hydrogens is 514 g/mol. The Balaban J connectivity index is 1.15. The molecule has 5 rings (SSSR count). The molecule has 0 aliphatic heterocycles. The van der Waals surface area contributed by atoms with Crippen LogP contribution < -0.4 is 5.32 Å². The lowest BCUT2D eigenvalue weighted by molar-refractivity contribution is -0.180. The zero-order valence-corrected chi connectivity index (χ0v) is 26.1. The zero-order valence-electron chi connectivity index (χ0n) is 26.1. The Hall–Kier alpha value is -2.21. The zero-order chi connectivity index (χ0) is 29.6. The van der Waals surface area contributed by atoms with Gasteiger partial charge in [0, 0.05) is 5.92 Å². The summed E-state index contributed by atoms with van der Waals surface area (Å²) in [4.78, 5) is 38.2. The predicted octanol–water partition coefficient (Wildman–Crippen LogP) is 6.65. The second-order valence-corrected chi connectivity index (χ2v) is 15.1. The van der Waals surface area contributed by atoms with Crippen LogP contribution in [-0.4, -0.2) is 35.4 Å². The minimum atomic E-state index is -1.00. The molecule has 1 aromatic rings. The second-order valence-electron chi connectivity index (χ2n) is 15.1. The highest BCUT2D eigenvalue weighted by Crippen LogP contribution is 2.68. The molecule has 41 heavy (non-hydrogen) atoms. The van der Waals surface area contributed by atoms with Crippen LogP contribution >= 0.6 is 0 Å². The quantitative estimate of drug-likeness (QED) is 0.356. The van der Waals surface area contributed by atoms with E-state index in [0.717, 1.165) is 37.2 Å². The molecule has 0 unspecified atom stereocenters. The van der Waals surface area contributed by atoms with Crippen molar-refractivity contribution in [3.63, 3.8) is 0 Å². The molecular formula is C35H51NO5. The average Bonchev–Trinajstić information content (AvgIpc) is 3.29. The van der Waals surface area contributed by atoms with Gasteiger partial charge in [-0.15, -0.1) is 0 Å². The van der Waals surface area contributed by atoms with E-state index in [2.05, 4.69) is 26.1 Å². The van der Waals surface area contributed by atoms with Crippen LogP contribution in [0.25, 0.3) is 0 Å². The smallest absolute Gasteiger partial charge is 0.326 e. The van der Waals surface area contributed by atoms with Crippen molar-refractivity contribution >= 4 is 17.7 Å². The highest BCUT2D eigenvalue weighted by Gasteiger charge is 2.61. The predicted molar refractivity (Wildman–Crippen MR) is 159 cm³/mol. The van der Waals surface area contributed by atoms with Gasteiger partial charge in [0.25, 0.3) is 0 Å². The molecule has 1 N–H and O–H groups in total. The van der Waals surface area contributed by atoms with Crippen LogP contribution in [-0.2, 0) is 30.5 Å². The summed E-state index contributed by atoms with van der Waals surface area (Å²) in [6.07, 6.45) is 9.95. The maximum atomic E-state index is 13.0. The maximum Gasteiger partial charge on any atom is 0.326 e. The van der Waals surface area contributed by atoms with Gasteiger partial charge in [0.1, 0.15) is 23.5 Å². The van der Waals surface area contributed by atoms with E-state index in [0.29, 0.717) is 23.5 Å². The van der Waals surface area contributed by atoms with Crippen LogP contribution in [0, 0.1) is 40.4 Å². The van der Waals surface area contributed by atoms with Crippen molar-refractivity contribution in [2.45, 2.75) is 117 Å². The number of Topliss-reactive ketones (excluding diaryl/α,β-unsaturated/α-hetero) is 1. The third-order valence-corrected chi connectivity index (χ3v) is 12.2. The van der Waals surface area contributed by atoms with Crippen LogP contribution in [0.3, 0.4) is 0 Å². The third-order valence-electron chi connectivity index (χ3n) is 12.2. The van der Waals surface area contributed by atoms with Gasteiger partial charge >= 0.3 is 11.9 Å². The molecule has 0 radical (unpaired) electrons. The number of rotatable bonds is 8. The standard InChI is InChI=1S/C35H51NO5/c1-23(37)27-14-15-28-26-13-12-25-20-33(4,18-19-34(25,5)29(26)16-17-35(27,28)6)41-30(38)21-36-32(2,3)31(39)40-22-24-10-8-7-9-11-24/h7-11,25-29,36H,12-22H2,1-6H3/t25-,26-,27+,28-,29-,33+,34-,35+/m0/s1. The minimum absolute atomic E-state index is 0.0345.